The maximum atomic E-state index is 12.6. The molecule has 120 valence electrons. The lowest BCUT2D eigenvalue weighted by molar-refractivity contribution is 0.353. The van der Waals surface area contributed by atoms with Crippen LogP contribution in [-0.4, -0.2) is 37.4 Å². The Morgan fingerprint density at radius 2 is 1.90 bits per heavy atom. The Morgan fingerprint density at radius 3 is 2.38 bits per heavy atom. The Balaban J connectivity index is 3.14. The van der Waals surface area contributed by atoms with Gasteiger partial charge in [-0.1, -0.05) is 20.3 Å². The van der Waals surface area contributed by atoms with Crippen LogP contribution in [0, 0.1) is 0 Å². The maximum Gasteiger partial charge on any atom is 0.321 e. The molecule has 1 unspecified atom stereocenters. The Hall–Kier alpha value is -1.57. The van der Waals surface area contributed by atoms with Crippen LogP contribution in [0.4, 0.5) is 5.82 Å². The molecule has 0 radical (unpaired) electrons. The summed E-state index contributed by atoms with van der Waals surface area (Å²) >= 11 is 0. The van der Waals surface area contributed by atoms with Gasteiger partial charge < -0.3 is 9.47 Å². The second-order valence-corrected chi connectivity index (χ2v) is 7.14. The summed E-state index contributed by atoms with van der Waals surface area (Å²) in [6.07, 6.45) is 1.86. The molecule has 1 aromatic heterocycles. The maximum absolute atomic E-state index is 12.6. The van der Waals surface area contributed by atoms with E-state index in [1.165, 1.54) is 20.3 Å². The van der Waals surface area contributed by atoms with Crippen molar-refractivity contribution in [1.82, 2.24) is 9.97 Å². The van der Waals surface area contributed by atoms with E-state index in [4.69, 9.17) is 9.47 Å². The predicted octanol–water partition coefficient (Wildman–Crippen LogP) is 2.20. The van der Waals surface area contributed by atoms with Crippen molar-refractivity contribution >= 4 is 15.8 Å². The van der Waals surface area contributed by atoms with Gasteiger partial charge in [-0.25, -0.2) is 8.42 Å². The molecule has 1 N–H and O–H groups in total. The average molecular weight is 317 g/mol. The highest BCUT2D eigenvalue weighted by Gasteiger charge is 2.37. The third kappa shape index (κ3) is 3.96. The average Bonchev–Trinajstić information content (AvgIpc) is 2.46. The van der Waals surface area contributed by atoms with Crippen LogP contribution < -0.4 is 14.2 Å². The molecule has 0 saturated heterocycles. The van der Waals surface area contributed by atoms with Gasteiger partial charge in [-0.05, 0) is 19.8 Å². The molecule has 1 rings (SSSR count). The van der Waals surface area contributed by atoms with Crippen molar-refractivity contribution in [3.63, 3.8) is 0 Å². The minimum absolute atomic E-state index is 0.0424. The van der Waals surface area contributed by atoms with Gasteiger partial charge in [0.25, 0.3) is 0 Å². The van der Waals surface area contributed by atoms with E-state index in [9.17, 15) is 8.42 Å². The SMILES string of the molecule is CCCC(C)(CC)S(=O)(=O)Nc1cc(OC)nc(OC)n1. The van der Waals surface area contributed by atoms with E-state index in [2.05, 4.69) is 14.7 Å². The topological polar surface area (TPSA) is 90.4 Å². The number of anilines is 1. The quantitative estimate of drug-likeness (QED) is 0.790. The van der Waals surface area contributed by atoms with Crippen LogP contribution in [0.25, 0.3) is 0 Å². The molecule has 0 amide bonds. The zero-order valence-corrected chi connectivity index (χ0v) is 14.0. The van der Waals surface area contributed by atoms with Crippen LogP contribution >= 0.6 is 0 Å². The molecular weight excluding hydrogens is 294 g/mol. The summed E-state index contributed by atoms with van der Waals surface area (Å²) in [4.78, 5) is 7.92. The summed E-state index contributed by atoms with van der Waals surface area (Å²) in [7, 11) is -0.748. The molecule has 0 bridgehead atoms. The summed E-state index contributed by atoms with van der Waals surface area (Å²) in [5.74, 6) is 0.364. The molecule has 1 aromatic rings. The lowest BCUT2D eigenvalue weighted by Crippen LogP contribution is -2.39. The van der Waals surface area contributed by atoms with Gasteiger partial charge in [-0.15, -0.1) is 0 Å². The first kappa shape index (κ1) is 17.5. The van der Waals surface area contributed by atoms with Gasteiger partial charge in [0.15, 0.2) is 5.82 Å². The Bertz CT molecular complexity index is 555. The fourth-order valence-corrected chi connectivity index (χ4v) is 3.42. The van der Waals surface area contributed by atoms with Gasteiger partial charge >= 0.3 is 6.01 Å². The molecule has 0 aromatic carbocycles. The molecule has 0 fully saturated rings. The highest BCUT2D eigenvalue weighted by Crippen LogP contribution is 2.29. The minimum atomic E-state index is -3.59. The molecule has 0 aliphatic carbocycles. The van der Waals surface area contributed by atoms with Crippen molar-refractivity contribution in [3.05, 3.63) is 6.07 Å². The van der Waals surface area contributed by atoms with Gasteiger partial charge in [0.05, 0.1) is 19.0 Å². The zero-order chi connectivity index (χ0) is 16.1. The standard InChI is InChI=1S/C13H23N3O4S/c1-6-8-13(3,7-2)21(17,18)16-10-9-11(19-4)15-12(14-10)20-5/h9H,6-8H2,1-5H3,(H,14,15,16). The highest BCUT2D eigenvalue weighted by molar-refractivity contribution is 7.94. The van der Waals surface area contributed by atoms with Gasteiger partial charge in [-0.3, -0.25) is 4.72 Å². The van der Waals surface area contributed by atoms with Crippen LogP contribution in [0.15, 0.2) is 6.07 Å². The van der Waals surface area contributed by atoms with Crippen molar-refractivity contribution in [2.75, 3.05) is 18.9 Å². The van der Waals surface area contributed by atoms with Gasteiger partial charge in [0.1, 0.15) is 0 Å². The number of nitrogens with zero attached hydrogens (tertiary/aromatic N) is 2. The van der Waals surface area contributed by atoms with E-state index in [0.717, 1.165) is 6.42 Å². The molecule has 1 atom stereocenters. The van der Waals surface area contributed by atoms with Crippen molar-refractivity contribution in [1.29, 1.82) is 0 Å². The van der Waals surface area contributed by atoms with Crippen molar-refractivity contribution in [2.24, 2.45) is 0 Å². The van der Waals surface area contributed by atoms with Gasteiger partial charge in [0.2, 0.25) is 15.9 Å². The molecule has 0 spiro atoms. The number of rotatable bonds is 8. The van der Waals surface area contributed by atoms with Crippen molar-refractivity contribution in [3.8, 4) is 11.9 Å². The highest BCUT2D eigenvalue weighted by atomic mass is 32.2. The smallest absolute Gasteiger partial charge is 0.321 e. The predicted molar refractivity (Wildman–Crippen MR) is 81.3 cm³/mol. The Kier molecular flexibility index (Phi) is 5.77. The van der Waals surface area contributed by atoms with Crippen molar-refractivity contribution < 1.29 is 17.9 Å². The van der Waals surface area contributed by atoms with Crippen LogP contribution in [0.2, 0.25) is 0 Å². The summed E-state index contributed by atoms with van der Waals surface area (Å²) in [6, 6.07) is 1.46. The number of ether oxygens (including phenoxy) is 2. The van der Waals surface area contributed by atoms with Gasteiger partial charge in [-0.2, -0.15) is 9.97 Å². The number of sulfonamides is 1. The Labute approximate surface area is 126 Å². The van der Waals surface area contributed by atoms with E-state index in [1.807, 2.05) is 13.8 Å². The summed E-state index contributed by atoms with van der Waals surface area (Å²) < 4.78 is 36.8. The molecule has 0 aliphatic heterocycles. The molecule has 0 saturated carbocycles. The van der Waals surface area contributed by atoms with Crippen LogP contribution in [0.3, 0.4) is 0 Å². The molecule has 21 heavy (non-hydrogen) atoms. The molecular formula is C13H23N3O4S. The fourth-order valence-electron chi connectivity index (χ4n) is 1.94. The number of hydrogen-bond donors (Lipinski definition) is 1. The van der Waals surface area contributed by atoms with Crippen LogP contribution in [0.1, 0.15) is 40.0 Å². The lowest BCUT2D eigenvalue weighted by Gasteiger charge is -2.27. The summed E-state index contributed by atoms with van der Waals surface area (Å²) in [5.41, 5.74) is 0. The molecule has 1 heterocycles. The number of hydrogen-bond acceptors (Lipinski definition) is 6. The third-order valence-electron chi connectivity index (χ3n) is 3.49. The monoisotopic (exact) mass is 317 g/mol. The van der Waals surface area contributed by atoms with Crippen molar-refractivity contribution in [2.45, 2.75) is 44.8 Å². The second-order valence-electron chi connectivity index (χ2n) is 4.94. The van der Waals surface area contributed by atoms with E-state index in [-0.39, 0.29) is 17.7 Å². The van der Waals surface area contributed by atoms with Crippen LogP contribution in [0.5, 0.6) is 11.9 Å². The van der Waals surface area contributed by atoms with E-state index >= 15 is 0 Å². The third-order valence-corrected chi connectivity index (χ3v) is 5.76. The van der Waals surface area contributed by atoms with E-state index in [0.29, 0.717) is 12.8 Å². The minimum Gasteiger partial charge on any atom is -0.481 e. The molecule has 7 nitrogen and oxygen atoms in total. The van der Waals surface area contributed by atoms with Crippen LogP contribution in [-0.2, 0) is 10.0 Å². The number of aromatic nitrogens is 2. The van der Waals surface area contributed by atoms with Gasteiger partial charge in [0, 0.05) is 6.07 Å². The summed E-state index contributed by atoms with van der Waals surface area (Å²) in [6.45, 7) is 5.55. The molecule has 8 heteroatoms. The Morgan fingerprint density at radius 1 is 1.24 bits per heavy atom. The first-order valence-electron chi connectivity index (χ1n) is 6.81. The van der Waals surface area contributed by atoms with E-state index < -0.39 is 14.8 Å². The lowest BCUT2D eigenvalue weighted by atomic mass is 10.0. The number of nitrogens with one attached hydrogen (secondary N) is 1. The normalized spacial score (nSPS) is 14.3. The zero-order valence-electron chi connectivity index (χ0n) is 13.1. The van der Waals surface area contributed by atoms with E-state index in [1.54, 1.807) is 6.92 Å². The molecule has 0 aliphatic rings. The first-order chi connectivity index (χ1) is 9.81. The largest absolute Gasteiger partial charge is 0.481 e. The summed E-state index contributed by atoms with van der Waals surface area (Å²) in [5, 5.41) is 0. The fraction of sp³-hybridized carbons (Fsp3) is 0.692. The second kappa shape index (κ2) is 6.93. The number of methoxy groups -OCH3 is 2. The first-order valence-corrected chi connectivity index (χ1v) is 8.29.